The van der Waals surface area contributed by atoms with Gasteiger partial charge in [-0.3, -0.25) is 14.4 Å². The molecule has 0 fully saturated rings. The number of H-pyrrole nitrogens is 1. The molecule has 0 saturated carbocycles. The molecular weight excluding hydrogens is 418 g/mol. The Kier molecular flexibility index (Phi) is 6.09. The van der Waals surface area contributed by atoms with Crippen LogP contribution in [0.3, 0.4) is 0 Å². The SMILES string of the molecule is Cc1ccc(C)c(N2N=C(C(=O)N(Cc3nc4ccccc4c(=O)[nH]3)C(C)C)CCC2=O)c1. The Bertz CT molecular complexity index is 1330. The van der Waals surface area contributed by atoms with Gasteiger partial charge in [0.25, 0.3) is 11.5 Å². The van der Waals surface area contributed by atoms with E-state index in [0.717, 1.165) is 11.1 Å². The average Bonchev–Trinajstić information content (AvgIpc) is 2.79. The van der Waals surface area contributed by atoms with E-state index in [1.165, 1.54) is 5.01 Å². The average molecular weight is 446 g/mol. The largest absolute Gasteiger partial charge is 0.328 e. The summed E-state index contributed by atoms with van der Waals surface area (Å²) in [4.78, 5) is 47.5. The first-order chi connectivity index (χ1) is 15.7. The number of hydrogen-bond acceptors (Lipinski definition) is 5. The highest BCUT2D eigenvalue weighted by molar-refractivity contribution is 6.40. The van der Waals surface area contributed by atoms with Crippen molar-refractivity contribution in [3.05, 3.63) is 69.8 Å². The van der Waals surface area contributed by atoms with Gasteiger partial charge in [0.2, 0.25) is 5.91 Å². The predicted molar refractivity (Wildman–Crippen MR) is 128 cm³/mol. The fourth-order valence-electron chi connectivity index (χ4n) is 3.87. The fraction of sp³-hybridized carbons (Fsp3) is 0.320. The zero-order valence-corrected chi connectivity index (χ0v) is 19.3. The second-order valence-corrected chi connectivity index (χ2v) is 8.60. The molecule has 0 atom stereocenters. The molecule has 1 aromatic heterocycles. The minimum Gasteiger partial charge on any atom is -0.328 e. The molecule has 2 aromatic carbocycles. The van der Waals surface area contributed by atoms with Crippen LogP contribution in [0.2, 0.25) is 0 Å². The molecule has 170 valence electrons. The molecule has 0 aliphatic carbocycles. The van der Waals surface area contributed by atoms with E-state index in [-0.39, 0.29) is 42.8 Å². The van der Waals surface area contributed by atoms with E-state index in [4.69, 9.17) is 0 Å². The van der Waals surface area contributed by atoms with E-state index in [0.29, 0.717) is 28.1 Å². The van der Waals surface area contributed by atoms with Crippen molar-refractivity contribution in [2.24, 2.45) is 5.10 Å². The fourth-order valence-corrected chi connectivity index (χ4v) is 3.87. The number of benzene rings is 2. The Labute approximate surface area is 191 Å². The third kappa shape index (κ3) is 4.55. The topological polar surface area (TPSA) is 98.7 Å². The van der Waals surface area contributed by atoms with Crippen LogP contribution in [0.1, 0.15) is 43.6 Å². The normalized spacial score (nSPS) is 14.0. The molecule has 8 heteroatoms. The minimum atomic E-state index is -0.274. The van der Waals surface area contributed by atoms with E-state index in [9.17, 15) is 14.4 Å². The first-order valence-electron chi connectivity index (χ1n) is 11.0. The van der Waals surface area contributed by atoms with Crippen LogP contribution in [0, 0.1) is 13.8 Å². The van der Waals surface area contributed by atoms with Crippen LogP contribution >= 0.6 is 0 Å². The number of nitrogens with one attached hydrogen (secondary N) is 1. The third-order valence-corrected chi connectivity index (χ3v) is 5.74. The smallest absolute Gasteiger partial charge is 0.270 e. The van der Waals surface area contributed by atoms with E-state index in [2.05, 4.69) is 15.1 Å². The van der Waals surface area contributed by atoms with Gasteiger partial charge in [0, 0.05) is 18.9 Å². The highest BCUT2D eigenvalue weighted by atomic mass is 16.2. The van der Waals surface area contributed by atoms with Crippen LogP contribution in [-0.2, 0) is 16.1 Å². The number of fused-ring (bicyclic) bond motifs is 1. The number of carbonyl (C=O) groups is 2. The van der Waals surface area contributed by atoms with Crippen molar-refractivity contribution >= 4 is 34.1 Å². The molecule has 0 unspecified atom stereocenters. The van der Waals surface area contributed by atoms with Crippen LogP contribution in [0.5, 0.6) is 0 Å². The molecule has 3 aromatic rings. The molecule has 0 spiro atoms. The number of hydrazone groups is 1. The molecule has 8 nitrogen and oxygen atoms in total. The molecule has 2 heterocycles. The second kappa shape index (κ2) is 8.97. The van der Waals surface area contributed by atoms with E-state index in [1.54, 1.807) is 23.1 Å². The molecule has 0 radical (unpaired) electrons. The zero-order chi connectivity index (χ0) is 23.7. The number of aryl methyl sites for hydroxylation is 2. The maximum atomic E-state index is 13.5. The standard InChI is InChI=1S/C25H27N5O3/c1-15(2)29(14-22-26-19-8-6-5-7-18(19)24(32)27-22)25(33)20-11-12-23(31)30(28-20)21-13-16(3)9-10-17(21)4/h5-10,13,15H,11-12,14H2,1-4H3,(H,26,27,32). The molecule has 33 heavy (non-hydrogen) atoms. The number of anilines is 1. The second-order valence-electron chi connectivity index (χ2n) is 8.60. The van der Waals surface area contributed by atoms with Crippen molar-refractivity contribution in [1.82, 2.24) is 14.9 Å². The molecule has 0 bridgehead atoms. The molecule has 1 N–H and O–H groups in total. The Morgan fingerprint density at radius 1 is 1.12 bits per heavy atom. The Hall–Kier alpha value is -3.81. The Balaban J connectivity index is 1.66. The maximum absolute atomic E-state index is 13.5. The number of amides is 2. The molecule has 0 saturated heterocycles. The van der Waals surface area contributed by atoms with Gasteiger partial charge in [-0.15, -0.1) is 0 Å². The number of hydrogen-bond donors (Lipinski definition) is 1. The molecular formula is C25H27N5O3. The lowest BCUT2D eigenvalue weighted by Gasteiger charge is -2.30. The molecule has 1 aliphatic heterocycles. The number of aromatic amines is 1. The highest BCUT2D eigenvalue weighted by Crippen LogP contribution is 2.26. The van der Waals surface area contributed by atoms with Crippen molar-refractivity contribution in [3.63, 3.8) is 0 Å². The summed E-state index contributed by atoms with van der Waals surface area (Å²) in [5, 5.41) is 6.31. The lowest BCUT2D eigenvalue weighted by molar-refractivity contribution is -0.126. The minimum absolute atomic E-state index is 0.132. The summed E-state index contributed by atoms with van der Waals surface area (Å²) >= 11 is 0. The van der Waals surface area contributed by atoms with Gasteiger partial charge in [0.1, 0.15) is 11.5 Å². The summed E-state index contributed by atoms with van der Waals surface area (Å²) in [5.41, 5.74) is 3.24. The summed E-state index contributed by atoms with van der Waals surface area (Å²) in [6.07, 6.45) is 0.471. The van der Waals surface area contributed by atoms with E-state index >= 15 is 0 Å². The lowest BCUT2D eigenvalue weighted by atomic mass is 10.1. The van der Waals surface area contributed by atoms with Gasteiger partial charge in [0.15, 0.2) is 0 Å². The molecule has 2 amide bonds. The summed E-state index contributed by atoms with van der Waals surface area (Å²) in [7, 11) is 0. The first kappa shape index (κ1) is 22.4. The summed E-state index contributed by atoms with van der Waals surface area (Å²) in [5.74, 6) is -0.0138. The number of carbonyl (C=O) groups excluding carboxylic acids is 2. The molecule has 4 rings (SSSR count). The maximum Gasteiger partial charge on any atom is 0.270 e. The Morgan fingerprint density at radius 3 is 2.64 bits per heavy atom. The monoisotopic (exact) mass is 445 g/mol. The number of rotatable bonds is 5. The summed E-state index contributed by atoms with van der Waals surface area (Å²) in [6.45, 7) is 7.79. The third-order valence-electron chi connectivity index (χ3n) is 5.74. The van der Waals surface area contributed by atoms with Crippen molar-refractivity contribution in [3.8, 4) is 0 Å². The number of nitrogens with zero attached hydrogens (tertiary/aromatic N) is 4. The first-order valence-corrected chi connectivity index (χ1v) is 11.0. The van der Waals surface area contributed by atoms with Crippen LogP contribution in [-0.4, -0.2) is 38.4 Å². The highest BCUT2D eigenvalue weighted by Gasteiger charge is 2.30. The van der Waals surface area contributed by atoms with Gasteiger partial charge in [-0.25, -0.2) is 9.99 Å². The van der Waals surface area contributed by atoms with E-state index < -0.39 is 0 Å². The van der Waals surface area contributed by atoms with Crippen LogP contribution in [0.15, 0.2) is 52.4 Å². The lowest BCUT2D eigenvalue weighted by Crippen LogP contribution is -2.44. The van der Waals surface area contributed by atoms with Gasteiger partial charge in [0.05, 0.1) is 23.1 Å². The van der Waals surface area contributed by atoms with Crippen LogP contribution in [0.25, 0.3) is 10.9 Å². The quantitative estimate of drug-likeness (QED) is 0.650. The number of aromatic nitrogens is 2. The van der Waals surface area contributed by atoms with Gasteiger partial charge >= 0.3 is 0 Å². The predicted octanol–water partition coefficient (Wildman–Crippen LogP) is 3.46. The van der Waals surface area contributed by atoms with Gasteiger partial charge in [-0.05, 0) is 57.0 Å². The van der Waals surface area contributed by atoms with Gasteiger partial charge in [-0.2, -0.15) is 5.10 Å². The van der Waals surface area contributed by atoms with Crippen molar-refractivity contribution in [2.75, 3.05) is 5.01 Å². The number of para-hydroxylation sites is 1. The van der Waals surface area contributed by atoms with Crippen molar-refractivity contribution in [1.29, 1.82) is 0 Å². The molecule has 1 aliphatic rings. The van der Waals surface area contributed by atoms with Crippen molar-refractivity contribution in [2.45, 2.75) is 53.1 Å². The summed E-state index contributed by atoms with van der Waals surface area (Å²) in [6, 6.07) is 12.7. The van der Waals surface area contributed by atoms with Gasteiger partial charge in [-0.1, -0.05) is 24.3 Å². The summed E-state index contributed by atoms with van der Waals surface area (Å²) < 4.78 is 0. The zero-order valence-electron chi connectivity index (χ0n) is 19.3. The van der Waals surface area contributed by atoms with Crippen LogP contribution in [0.4, 0.5) is 5.69 Å². The Morgan fingerprint density at radius 2 is 1.88 bits per heavy atom. The van der Waals surface area contributed by atoms with Gasteiger partial charge < -0.3 is 9.88 Å². The van der Waals surface area contributed by atoms with Crippen molar-refractivity contribution < 1.29 is 9.59 Å². The van der Waals surface area contributed by atoms with E-state index in [1.807, 2.05) is 52.0 Å². The van der Waals surface area contributed by atoms with Crippen LogP contribution < -0.4 is 10.6 Å².